The lowest BCUT2D eigenvalue weighted by molar-refractivity contribution is 0.475. The number of rotatable bonds is 5. The molecule has 2 N–H and O–H groups in total. The molecule has 1 aromatic carbocycles. The Morgan fingerprint density at radius 3 is 2.61 bits per heavy atom. The summed E-state index contributed by atoms with van der Waals surface area (Å²) in [6, 6.07) is 9.52. The Morgan fingerprint density at radius 1 is 1.17 bits per heavy atom. The van der Waals surface area contributed by atoms with Gasteiger partial charge in [-0.25, -0.2) is 4.98 Å². The van der Waals surface area contributed by atoms with E-state index in [1.807, 2.05) is 24.4 Å². The zero-order valence-corrected chi connectivity index (χ0v) is 13.9. The summed E-state index contributed by atoms with van der Waals surface area (Å²) in [6.07, 6.45) is 2.83. The van der Waals surface area contributed by atoms with Crippen LogP contribution in [0.25, 0.3) is 11.0 Å². The summed E-state index contributed by atoms with van der Waals surface area (Å²) >= 11 is 6.07. The predicted molar refractivity (Wildman–Crippen MR) is 93.2 cm³/mol. The number of hydrogen-bond donors (Lipinski definition) is 2. The van der Waals surface area contributed by atoms with Crippen molar-refractivity contribution in [1.82, 2.24) is 14.5 Å². The average molecular weight is 331 g/mol. The van der Waals surface area contributed by atoms with Crippen molar-refractivity contribution in [2.75, 3.05) is 11.9 Å². The Bertz CT molecular complexity index is 811. The Balaban J connectivity index is 1.78. The molecular weight excluding hydrogens is 312 g/mol. The fourth-order valence-electron chi connectivity index (χ4n) is 2.55. The van der Waals surface area contributed by atoms with Crippen molar-refractivity contribution in [3.63, 3.8) is 0 Å². The van der Waals surface area contributed by atoms with Crippen molar-refractivity contribution >= 4 is 28.5 Å². The van der Waals surface area contributed by atoms with Crippen LogP contribution in [0.15, 0.2) is 36.5 Å². The van der Waals surface area contributed by atoms with Crippen LogP contribution in [0.4, 0.5) is 5.82 Å². The van der Waals surface area contributed by atoms with E-state index in [1.165, 1.54) is 0 Å². The van der Waals surface area contributed by atoms with Crippen LogP contribution in [-0.2, 0) is 6.42 Å². The van der Waals surface area contributed by atoms with Gasteiger partial charge in [-0.3, -0.25) is 0 Å². The van der Waals surface area contributed by atoms with Gasteiger partial charge in [-0.15, -0.1) is 0 Å². The lowest BCUT2D eigenvalue weighted by Crippen LogP contribution is -2.08. The van der Waals surface area contributed by atoms with E-state index in [4.69, 9.17) is 11.6 Å². The molecule has 0 aliphatic heterocycles. The molecule has 0 radical (unpaired) electrons. The second-order valence-electron chi connectivity index (χ2n) is 5.74. The maximum Gasteiger partial charge on any atom is 0.226 e. The van der Waals surface area contributed by atoms with Gasteiger partial charge in [0.05, 0.1) is 5.39 Å². The van der Waals surface area contributed by atoms with E-state index >= 15 is 0 Å². The Labute approximate surface area is 140 Å². The van der Waals surface area contributed by atoms with Crippen LogP contribution in [0.5, 0.6) is 5.75 Å². The van der Waals surface area contributed by atoms with Crippen LogP contribution in [0, 0.1) is 0 Å². The van der Waals surface area contributed by atoms with Crippen LogP contribution in [0.1, 0.15) is 25.5 Å². The highest BCUT2D eigenvalue weighted by molar-refractivity contribution is 6.28. The Morgan fingerprint density at radius 2 is 1.91 bits per heavy atom. The molecule has 0 saturated heterocycles. The summed E-state index contributed by atoms with van der Waals surface area (Å²) < 4.78 is 2.08. The monoisotopic (exact) mass is 330 g/mol. The van der Waals surface area contributed by atoms with E-state index in [0.717, 1.165) is 35.4 Å². The normalized spacial score (nSPS) is 11.3. The lowest BCUT2D eigenvalue weighted by atomic mass is 10.1. The predicted octanol–water partition coefficient (Wildman–Crippen LogP) is 4.03. The minimum absolute atomic E-state index is 0.241. The molecule has 0 aliphatic rings. The number of nitrogens with one attached hydrogen (secondary N) is 1. The molecule has 0 saturated carbocycles. The van der Waals surface area contributed by atoms with Crippen molar-refractivity contribution in [2.24, 2.45) is 0 Å². The van der Waals surface area contributed by atoms with Crippen LogP contribution < -0.4 is 5.32 Å². The molecule has 23 heavy (non-hydrogen) atoms. The van der Waals surface area contributed by atoms with Gasteiger partial charge in [0.2, 0.25) is 5.28 Å². The van der Waals surface area contributed by atoms with Crippen molar-refractivity contribution in [3.8, 4) is 5.75 Å². The number of benzene rings is 1. The van der Waals surface area contributed by atoms with Gasteiger partial charge in [0, 0.05) is 18.8 Å². The molecule has 2 heterocycles. The van der Waals surface area contributed by atoms with Crippen LogP contribution in [0.2, 0.25) is 5.28 Å². The standard InChI is InChI=1S/C17H19ClN4O/c1-11(2)22-10-8-14-15(20-17(18)21-16(14)22)19-9-7-12-3-5-13(23)6-4-12/h3-6,8,10-11,23H,7,9H2,1-2H3,(H,19,20,21). The van der Waals surface area contributed by atoms with Crippen molar-refractivity contribution in [2.45, 2.75) is 26.3 Å². The maximum atomic E-state index is 9.31. The molecule has 0 fully saturated rings. The summed E-state index contributed by atoms with van der Waals surface area (Å²) in [5.74, 6) is 1.03. The van der Waals surface area contributed by atoms with E-state index in [9.17, 15) is 5.11 Å². The fraction of sp³-hybridized carbons (Fsp3) is 0.294. The molecule has 0 unspecified atom stereocenters. The van der Waals surface area contributed by atoms with Gasteiger partial charge in [-0.2, -0.15) is 4.98 Å². The largest absolute Gasteiger partial charge is 0.508 e. The highest BCUT2D eigenvalue weighted by atomic mass is 35.5. The fourth-order valence-corrected chi connectivity index (χ4v) is 2.71. The molecule has 3 rings (SSSR count). The minimum atomic E-state index is 0.241. The summed E-state index contributed by atoms with van der Waals surface area (Å²) in [5, 5.41) is 13.8. The summed E-state index contributed by atoms with van der Waals surface area (Å²) in [4.78, 5) is 8.65. The van der Waals surface area contributed by atoms with Crippen LogP contribution in [-0.4, -0.2) is 26.2 Å². The SMILES string of the molecule is CC(C)n1ccc2c(NCCc3ccc(O)cc3)nc(Cl)nc21. The molecule has 6 heteroatoms. The number of aromatic hydroxyl groups is 1. The smallest absolute Gasteiger partial charge is 0.226 e. The number of hydrogen-bond acceptors (Lipinski definition) is 4. The van der Waals surface area contributed by atoms with Gasteiger partial charge in [0.15, 0.2) is 0 Å². The first kappa shape index (κ1) is 15.6. The molecule has 3 aromatic rings. The number of anilines is 1. The minimum Gasteiger partial charge on any atom is -0.508 e. The molecule has 0 bridgehead atoms. The number of phenols is 1. The van der Waals surface area contributed by atoms with Crippen molar-refractivity contribution < 1.29 is 5.11 Å². The van der Waals surface area contributed by atoms with E-state index in [-0.39, 0.29) is 11.0 Å². The van der Waals surface area contributed by atoms with E-state index in [1.54, 1.807) is 12.1 Å². The quantitative estimate of drug-likeness (QED) is 0.693. The Hall–Kier alpha value is -2.27. The maximum absolute atomic E-state index is 9.31. The summed E-state index contributed by atoms with van der Waals surface area (Å²) in [5.41, 5.74) is 1.98. The molecule has 0 aliphatic carbocycles. The van der Waals surface area contributed by atoms with Gasteiger partial charge >= 0.3 is 0 Å². The third-order valence-corrected chi connectivity index (χ3v) is 3.91. The van der Waals surface area contributed by atoms with Crippen molar-refractivity contribution in [1.29, 1.82) is 0 Å². The molecule has 2 aromatic heterocycles. The van der Waals surface area contributed by atoms with Gasteiger partial charge in [-0.05, 0) is 55.6 Å². The van der Waals surface area contributed by atoms with Gasteiger partial charge in [0.1, 0.15) is 17.2 Å². The average Bonchev–Trinajstić information content (AvgIpc) is 2.93. The first-order valence-corrected chi connectivity index (χ1v) is 7.98. The third-order valence-electron chi connectivity index (χ3n) is 3.74. The molecule has 0 spiro atoms. The number of phenolic OH excluding ortho intramolecular Hbond substituents is 1. The lowest BCUT2D eigenvalue weighted by Gasteiger charge is -2.11. The first-order chi connectivity index (χ1) is 11.0. The van der Waals surface area contributed by atoms with Crippen molar-refractivity contribution in [3.05, 3.63) is 47.4 Å². The van der Waals surface area contributed by atoms with Crippen LogP contribution in [0.3, 0.4) is 0 Å². The first-order valence-electron chi connectivity index (χ1n) is 7.60. The third kappa shape index (κ3) is 3.40. The number of fused-ring (bicyclic) bond motifs is 1. The van der Waals surface area contributed by atoms with Gasteiger partial charge in [0.25, 0.3) is 0 Å². The molecule has 5 nitrogen and oxygen atoms in total. The summed E-state index contributed by atoms with van der Waals surface area (Å²) in [7, 11) is 0. The highest BCUT2D eigenvalue weighted by Crippen LogP contribution is 2.25. The molecule has 0 atom stereocenters. The second-order valence-corrected chi connectivity index (χ2v) is 6.08. The molecule has 0 amide bonds. The van der Waals surface area contributed by atoms with Gasteiger partial charge in [-0.1, -0.05) is 12.1 Å². The second kappa shape index (κ2) is 6.46. The zero-order valence-electron chi connectivity index (χ0n) is 13.1. The van der Waals surface area contributed by atoms with Crippen LogP contribution >= 0.6 is 11.6 Å². The number of nitrogens with zero attached hydrogens (tertiary/aromatic N) is 3. The molecule has 120 valence electrons. The highest BCUT2D eigenvalue weighted by Gasteiger charge is 2.12. The Kier molecular flexibility index (Phi) is 4.39. The zero-order chi connectivity index (χ0) is 16.4. The van der Waals surface area contributed by atoms with E-state index in [0.29, 0.717) is 6.04 Å². The number of halogens is 1. The number of aromatic nitrogens is 3. The topological polar surface area (TPSA) is 63.0 Å². The van der Waals surface area contributed by atoms with Gasteiger partial charge < -0.3 is 15.0 Å². The molecular formula is C17H19ClN4O. The van der Waals surface area contributed by atoms with E-state index < -0.39 is 0 Å². The van der Waals surface area contributed by atoms with E-state index in [2.05, 4.69) is 33.7 Å². The summed E-state index contributed by atoms with van der Waals surface area (Å²) in [6.45, 7) is 4.93.